The molecule has 0 fully saturated rings. The highest BCUT2D eigenvalue weighted by Gasteiger charge is 2.20. The zero-order valence-electron chi connectivity index (χ0n) is 14.4. The van der Waals surface area contributed by atoms with Crippen LogP contribution in [0.15, 0.2) is 60.0 Å². The first-order valence-electron chi connectivity index (χ1n) is 7.93. The number of carbonyl (C=O) groups is 1. The Morgan fingerprint density at radius 2 is 1.69 bits per heavy atom. The number of rotatable bonds is 6. The van der Waals surface area contributed by atoms with Gasteiger partial charge in [-0.15, -0.1) is 11.3 Å². The third-order valence-corrected chi connectivity index (χ3v) is 5.11. The standard InChI is InChI=1S/C20H18ClNO3S/c1-24-16-10-14(11-17(12-16)25-2)20(23)22-19(18-4-3-9-26-18)13-5-7-15(21)8-6-13/h3-12,19H,1-2H3,(H,22,23). The van der Waals surface area contributed by atoms with Crippen LogP contribution in [0.25, 0.3) is 0 Å². The molecule has 0 radical (unpaired) electrons. The molecular formula is C20H18ClNO3S. The number of carbonyl (C=O) groups excluding carboxylic acids is 1. The molecule has 6 heteroatoms. The average Bonchev–Trinajstić information content (AvgIpc) is 3.20. The molecule has 0 aliphatic rings. The van der Waals surface area contributed by atoms with Crippen LogP contribution in [0.3, 0.4) is 0 Å². The lowest BCUT2D eigenvalue weighted by Gasteiger charge is -2.19. The van der Waals surface area contributed by atoms with E-state index < -0.39 is 0 Å². The highest BCUT2D eigenvalue weighted by Crippen LogP contribution is 2.28. The third-order valence-electron chi connectivity index (χ3n) is 3.92. The van der Waals surface area contributed by atoms with Gasteiger partial charge in [-0.1, -0.05) is 29.8 Å². The van der Waals surface area contributed by atoms with Crippen LogP contribution in [0.1, 0.15) is 26.8 Å². The maximum absolute atomic E-state index is 12.9. The second-order valence-electron chi connectivity index (χ2n) is 5.57. The van der Waals surface area contributed by atoms with Gasteiger partial charge in [0, 0.05) is 21.5 Å². The second kappa shape index (κ2) is 8.25. The first kappa shape index (κ1) is 18.3. The predicted octanol–water partition coefficient (Wildman–Crippen LogP) is 4.94. The Morgan fingerprint density at radius 3 is 2.23 bits per heavy atom. The lowest BCUT2D eigenvalue weighted by molar-refractivity contribution is 0.0943. The third kappa shape index (κ3) is 4.18. The zero-order valence-corrected chi connectivity index (χ0v) is 15.9. The van der Waals surface area contributed by atoms with Crippen molar-refractivity contribution in [2.24, 2.45) is 0 Å². The van der Waals surface area contributed by atoms with E-state index in [0.29, 0.717) is 22.1 Å². The van der Waals surface area contributed by atoms with Crippen molar-refractivity contribution >= 4 is 28.8 Å². The van der Waals surface area contributed by atoms with Gasteiger partial charge in [-0.25, -0.2) is 0 Å². The van der Waals surface area contributed by atoms with E-state index in [2.05, 4.69) is 5.32 Å². The van der Waals surface area contributed by atoms with Gasteiger partial charge >= 0.3 is 0 Å². The van der Waals surface area contributed by atoms with E-state index in [1.165, 1.54) is 0 Å². The molecule has 2 aromatic carbocycles. The van der Waals surface area contributed by atoms with Gasteiger partial charge in [-0.3, -0.25) is 4.79 Å². The van der Waals surface area contributed by atoms with E-state index in [1.807, 2.05) is 41.8 Å². The van der Waals surface area contributed by atoms with Crippen LogP contribution in [0.4, 0.5) is 0 Å². The molecule has 4 nitrogen and oxygen atoms in total. The molecule has 0 aliphatic carbocycles. The molecule has 3 rings (SSSR count). The summed E-state index contributed by atoms with van der Waals surface area (Å²) in [7, 11) is 3.11. The van der Waals surface area contributed by atoms with Crippen molar-refractivity contribution in [1.82, 2.24) is 5.32 Å². The predicted molar refractivity (Wildman–Crippen MR) is 105 cm³/mol. The van der Waals surface area contributed by atoms with Gasteiger partial charge < -0.3 is 14.8 Å². The van der Waals surface area contributed by atoms with Crippen LogP contribution in [0, 0.1) is 0 Å². The van der Waals surface area contributed by atoms with Crippen molar-refractivity contribution in [1.29, 1.82) is 0 Å². The van der Waals surface area contributed by atoms with Crippen LogP contribution >= 0.6 is 22.9 Å². The van der Waals surface area contributed by atoms with Gasteiger partial charge in [0.1, 0.15) is 11.5 Å². The maximum Gasteiger partial charge on any atom is 0.252 e. The summed E-state index contributed by atoms with van der Waals surface area (Å²) in [4.78, 5) is 13.9. The number of benzene rings is 2. The van der Waals surface area contributed by atoms with Crippen LogP contribution in [0.2, 0.25) is 5.02 Å². The van der Waals surface area contributed by atoms with Crippen LogP contribution in [-0.2, 0) is 0 Å². The van der Waals surface area contributed by atoms with E-state index >= 15 is 0 Å². The molecule has 0 saturated carbocycles. The topological polar surface area (TPSA) is 47.6 Å². The number of thiophene rings is 1. The Hall–Kier alpha value is -2.50. The van der Waals surface area contributed by atoms with Crippen molar-refractivity contribution in [3.63, 3.8) is 0 Å². The molecule has 0 saturated heterocycles. The summed E-state index contributed by atoms with van der Waals surface area (Å²) in [6, 6.07) is 16.3. The quantitative estimate of drug-likeness (QED) is 0.651. The largest absolute Gasteiger partial charge is 0.497 e. The van der Waals surface area contributed by atoms with Crippen LogP contribution < -0.4 is 14.8 Å². The lowest BCUT2D eigenvalue weighted by atomic mass is 10.0. The number of hydrogen-bond donors (Lipinski definition) is 1. The molecule has 1 aromatic heterocycles. The summed E-state index contributed by atoms with van der Waals surface area (Å²) >= 11 is 7.58. The van der Waals surface area contributed by atoms with Crippen LogP contribution in [-0.4, -0.2) is 20.1 Å². The van der Waals surface area contributed by atoms with E-state index in [0.717, 1.165) is 10.4 Å². The lowest BCUT2D eigenvalue weighted by Crippen LogP contribution is -2.28. The molecule has 3 aromatic rings. The minimum Gasteiger partial charge on any atom is -0.497 e. The summed E-state index contributed by atoms with van der Waals surface area (Å²) in [6.07, 6.45) is 0. The number of nitrogens with one attached hydrogen (secondary N) is 1. The zero-order chi connectivity index (χ0) is 18.5. The highest BCUT2D eigenvalue weighted by molar-refractivity contribution is 7.10. The van der Waals surface area contributed by atoms with Gasteiger partial charge in [-0.05, 0) is 41.3 Å². The van der Waals surface area contributed by atoms with Crippen molar-refractivity contribution in [2.75, 3.05) is 14.2 Å². The van der Waals surface area contributed by atoms with Gasteiger partial charge in [0.15, 0.2) is 0 Å². The van der Waals surface area contributed by atoms with Crippen molar-refractivity contribution < 1.29 is 14.3 Å². The molecule has 0 spiro atoms. The monoisotopic (exact) mass is 387 g/mol. The smallest absolute Gasteiger partial charge is 0.252 e. The second-order valence-corrected chi connectivity index (χ2v) is 6.99. The van der Waals surface area contributed by atoms with E-state index in [9.17, 15) is 4.79 Å². The van der Waals surface area contributed by atoms with E-state index in [1.54, 1.807) is 43.8 Å². The van der Waals surface area contributed by atoms with E-state index in [-0.39, 0.29) is 11.9 Å². The first-order valence-corrected chi connectivity index (χ1v) is 9.19. The van der Waals surface area contributed by atoms with Crippen molar-refractivity contribution in [3.05, 3.63) is 81.0 Å². The van der Waals surface area contributed by atoms with Gasteiger partial charge in [0.2, 0.25) is 0 Å². The Balaban J connectivity index is 1.92. The summed E-state index contributed by atoms with van der Waals surface area (Å²) in [5, 5.41) is 5.73. The Kier molecular flexibility index (Phi) is 5.81. The average molecular weight is 388 g/mol. The minimum absolute atomic E-state index is 0.212. The number of hydrogen-bond acceptors (Lipinski definition) is 4. The van der Waals surface area contributed by atoms with Gasteiger partial charge in [0.05, 0.1) is 20.3 Å². The molecular weight excluding hydrogens is 370 g/mol. The summed E-state index contributed by atoms with van der Waals surface area (Å²) < 4.78 is 10.5. The Bertz CT molecular complexity index is 856. The fraction of sp³-hybridized carbons (Fsp3) is 0.150. The summed E-state index contributed by atoms with van der Waals surface area (Å²) in [5.41, 5.74) is 1.43. The first-order chi connectivity index (χ1) is 12.6. The van der Waals surface area contributed by atoms with Crippen molar-refractivity contribution in [2.45, 2.75) is 6.04 Å². The SMILES string of the molecule is COc1cc(OC)cc(C(=O)NC(c2ccc(Cl)cc2)c2cccs2)c1. The molecule has 1 heterocycles. The van der Waals surface area contributed by atoms with Gasteiger partial charge in [0.25, 0.3) is 5.91 Å². The van der Waals surface area contributed by atoms with Crippen molar-refractivity contribution in [3.8, 4) is 11.5 Å². The molecule has 26 heavy (non-hydrogen) atoms. The fourth-order valence-corrected chi connectivity index (χ4v) is 3.51. The van der Waals surface area contributed by atoms with Crippen LogP contribution in [0.5, 0.6) is 11.5 Å². The van der Waals surface area contributed by atoms with E-state index in [4.69, 9.17) is 21.1 Å². The molecule has 1 amide bonds. The Morgan fingerprint density at radius 1 is 1.04 bits per heavy atom. The molecule has 134 valence electrons. The maximum atomic E-state index is 12.9. The highest BCUT2D eigenvalue weighted by atomic mass is 35.5. The minimum atomic E-state index is -0.267. The molecule has 1 N–H and O–H groups in total. The molecule has 0 aliphatic heterocycles. The number of methoxy groups -OCH3 is 2. The number of amides is 1. The molecule has 0 bridgehead atoms. The Labute approximate surface area is 161 Å². The summed E-state index contributed by atoms with van der Waals surface area (Å²) in [5.74, 6) is 0.915. The molecule has 1 atom stereocenters. The summed E-state index contributed by atoms with van der Waals surface area (Å²) in [6.45, 7) is 0. The normalized spacial score (nSPS) is 11.7. The number of halogens is 1. The number of ether oxygens (including phenoxy) is 2. The fourth-order valence-electron chi connectivity index (χ4n) is 2.58. The van der Waals surface area contributed by atoms with Gasteiger partial charge in [-0.2, -0.15) is 0 Å². The molecule has 1 unspecified atom stereocenters.